The summed E-state index contributed by atoms with van der Waals surface area (Å²) in [6.45, 7) is 5.85. The van der Waals surface area contributed by atoms with Crippen molar-refractivity contribution in [3.05, 3.63) is 95.1 Å². The fourth-order valence-electron chi connectivity index (χ4n) is 6.85. The van der Waals surface area contributed by atoms with Crippen molar-refractivity contribution in [3.8, 4) is 0 Å². The molecule has 3 aliphatic heterocycles. The number of urea groups is 1. The molecule has 1 unspecified atom stereocenters. The van der Waals surface area contributed by atoms with Crippen LogP contribution in [0.2, 0.25) is 0 Å². The molecule has 8 heteroatoms. The highest BCUT2D eigenvalue weighted by Crippen LogP contribution is 2.55. The fraction of sp³-hybridized carbons (Fsp3) is 0.387. The first-order valence-corrected chi connectivity index (χ1v) is 13.8. The van der Waals surface area contributed by atoms with Gasteiger partial charge in [-0.15, -0.1) is 0 Å². The second kappa shape index (κ2) is 10.0. The van der Waals surface area contributed by atoms with Gasteiger partial charge in [0.15, 0.2) is 0 Å². The lowest BCUT2D eigenvalue weighted by molar-refractivity contribution is -0.170. The minimum atomic E-state index is -0.810. The Labute approximate surface area is 229 Å². The Morgan fingerprint density at radius 2 is 1.90 bits per heavy atom. The summed E-state index contributed by atoms with van der Waals surface area (Å²) < 4.78 is 0. The van der Waals surface area contributed by atoms with Gasteiger partial charge in [-0.3, -0.25) is 14.6 Å². The Kier molecular flexibility index (Phi) is 6.51. The molecule has 3 atom stereocenters. The molecule has 3 heterocycles. The lowest BCUT2D eigenvalue weighted by atomic mass is 9.83. The third kappa shape index (κ3) is 4.14. The van der Waals surface area contributed by atoms with Gasteiger partial charge in [-0.2, -0.15) is 5.01 Å². The smallest absolute Gasteiger partial charge is 0.332 e. The van der Waals surface area contributed by atoms with E-state index in [2.05, 4.69) is 17.5 Å². The number of rotatable bonds is 7. The van der Waals surface area contributed by atoms with Gasteiger partial charge in [0.05, 0.1) is 6.54 Å². The number of carbonyl (C=O) groups is 3. The van der Waals surface area contributed by atoms with Gasteiger partial charge in [0, 0.05) is 25.6 Å². The number of piperazine rings is 1. The van der Waals surface area contributed by atoms with E-state index in [4.69, 9.17) is 0 Å². The Hall–Kier alpha value is -3.91. The van der Waals surface area contributed by atoms with Crippen molar-refractivity contribution in [2.45, 2.75) is 51.5 Å². The number of benzene rings is 2. The van der Waals surface area contributed by atoms with Crippen LogP contribution in [0, 0.1) is 12.8 Å². The quantitative estimate of drug-likeness (QED) is 0.600. The molecular formula is C31H35N5O3. The highest BCUT2D eigenvalue weighted by atomic mass is 16.2. The third-order valence-electron chi connectivity index (χ3n) is 8.42. The Bertz CT molecular complexity index is 1360. The molecule has 8 nitrogen and oxygen atoms in total. The fourth-order valence-corrected chi connectivity index (χ4v) is 6.85. The van der Waals surface area contributed by atoms with E-state index in [1.54, 1.807) is 9.91 Å². The predicted molar refractivity (Wildman–Crippen MR) is 148 cm³/mol. The molecule has 39 heavy (non-hydrogen) atoms. The highest BCUT2D eigenvalue weighted by Gasteiger charge is 2.71. The zero-order valence-electron chi connectivity index (χ0n) is 22.5. The molecule has 6 rings (SSSR count). The monoisotopic (exact) mass is 525 g/mol. The van der Waals surface area contributed by atoms with Gasteiger partial charge in [-0.1, -0.05) is 85.3 Å². The molecule has 4 amide bonds. The first-order valence-electron chi connectivity index (χ1n) is 13.8. The topological polar surface area (TPSA) is 76.2 Å². The van der Waals surface area contributed by atoms with Gasteiger partial charge in [0.2, 0.25) is 11.8 Å². The van der Waals surface area contributed by atoms with E-state index < -0.39 is 11.7 Å². The lowest BCUT2D eigenvalue weighted by Crippen LogP contribution is -2.71. The number of hydrogen-bond acceptors (Lipinski definition) is 4. The van der Waals surface area contributed by atoms with Crippen LogP contribution >= 0.6 is 0 Å². The van der Waals surface area contributed by atoms with E-state index in [9.17, 15) is 14.4 Å². The maximum atomic E-state index is 14.0. The minimum absolute atomic E-state index is 0.0399. The van der Waals surface area contributed by atoms with Crippen LogP contribution in [0.1, 0.15) is 36.5 Å². The summed E-state index contributed by atoms with van der Waals surface area (Å²) in [7, 11) is 0. The average Bonchev–Trinajstić information content (AvgIpc) is 3.36. The van der Waals surface area contributed by atoms with Crippen molar-refractivity contribution in [2.75, 3.05) is 19.6 Å². The number of carbonyl (C=O) groups excluding carboxylic acids is 3. The molecule has 3 saturated heterocycles. The minimum Gasteiger partial charge on any atom is -0.333 e. The van der Waals surface area contributed by atoms with Crippen molar-refractivity contribution < 1.29 is 14.4 Å². The van der Waals surface area contributed by atoms with Crippen LogP contribution in [0.15, 0.2) is 78.4 Å². The number of likely N-dealkylation sites (tertiary alicyclic amines) is 1. The van der Waals surface area contributed by atoms with Crippen LogP contribution in [-0.2, 0) is 22.7 Å². The Balaban J connectivity index is 1.37. The van der Waals surface area contributed by atoms with Crippen LogP contribution in [0.25, 0.3) is 0 Å². The van der Waals surface area contributed by atoms with Gasteiger partial charge in [-0.25, -0.2) is 4.79 Å². The molecule has 2 aromatic rings. The van der Waals surface area contributed by atoms with E-state index >= 15 is 0 Å². The molecule has 202 valence electrons. The zero-order valence-corrected chi connectivity index (χ0v) is 22.5. The maximum Gasteiger partial charge on any atom is 0.332 e. The largest absolute Gasteiger partial charge is 0.333 e. The highest BCUT2D eigenvalue weighted by molar-refractivity contribution is 5.96. The molecule has 4 aliphatic rings. The summed E-state index contributed by atoms with van der Waals surface area (Å²) in [5.74, 6) is -0.204. The van der Waals surface area contributed by atoms with Gasteiger partial charge >= 0.3 is 6.03 Å². The molecule has 1 N–H and O–H groups in total. The van der Waals surface area contributed by atoms with E-state index in [0.29, 0.717) is 26.2 Å². The van der Waals surface area contributed by atoms with Gasteiger partial charge < -0.3 is 15.1 Å². The molecule has 1 aliphatic carbocycles. The summed E-state index contributed by atoms with van der Waals surface area (Å²) in [5, 5.41) is 6.77. The van der Waals surface area contributed by atoms with Crippen LogP contribution in [-0.4, -0.2) is 69.0 Å². The predicted octanol–water partition coefficient (Wildman–Crippen LogP) is 3.60. The number of hydrogen-bond donors (Lipinski definition) is 1. The molecule has 0 spiro atoms. The molecule has 3 fully saturated rings. The van der Waals surface area contributed by atoms with Crippen molar-refractivity contribution in [2.24, 2.45) is 5.92 Å². The number of aryl methyl sites for hydroxylation is 1. The third-order valence-corrected chi connectivity index (χ3v) is 8.42. The standard InChI is InChI=1S/C31H35N5O3/c1-3-16-34(30(39)32-18-23-11-5-4-6-12-23)35-20-27(37)36-28-25-14-7-8-15-26(25)31(35,36)21-33(29(28)38)19-24-13-9-10-22(2)17-24/h4-14,17,26,28H,3,15-16,18-21H2,1-2H3,(H,32,39)/t26?,28-,31-/m0/s1. The molecule has 0 radical (unpaired) electrons. The van der Waals surface area contributed by atoms with E-state index in [0.717, 1.165) is 35.1 Å². The Morgan fingerprint density at radius 3 is 2.67 bits per heavy atom. The van der Waals surface area contributed by atoms with Gasteiger partial charge in [0.1, 0.15) is 18.2 Å². The van der Waals surface area contributed by atoms with Crippen LogP contribution in [0.3, 0.4) is 0 Å². The zero-order chi connectivity index (χ0) is 27.1. The molecule has 0 saturated carbocycles. The van der Waals surface area contributed by atoms with E-state index in [-0.39, 0.29) is 30.3 Å². The van der Waals surface area contributed by atoms with Crippen molar-refractivity contribution >= 4 is 17.8 Å². The normalized spacial score (nSPS) is 25.4. The van der Waals surface area contributed by atoms with Crippen molar-refractivity contribution in [1.82, 2.24) is 25.1 Å². The van der Waals surface area contributed by atoms with Gasteiger partial charge in [-0.05, 0) is 36.5 Å². The Morgan fingerprint density at radius 1 is 1.10 bits per heavy atom. The number of nitrogens with zero attached hydrogens (tertiary/aromatic N) is 4. The first-order chi connectivity index (χ1) is 18.9. The number of fused-ring (bicyclic) bond motifs is 2. The maximum absolute atomic E-state index is 14.0. The summed E-state index contributed by atoms with van der Waals surface area (Å²) >= 11 is 0. The second-order valence-corrected chi connectivity index (χ2v) is 10.9. The van der Waals surface area contributed by atoms with Crippen LogP contribution in [0.4, 0.5) is 4.79 Å². The number of allylic oxidation sites excluding steroid dienone is 3. The lowest BCUT2D eigenvalue weighted by Gasteiger charge is -2.51. The number of nitrogens with one attached hydrogen (secondary N) is 1. The summed E-state index contributed by atoms with van der Waals surface area (Å²) in [6, 6.07) is 17.1. The SMILES string of the molecule is CCCN(C(=O)NCc1ccccc1)N1CC(=O)N2[C@@H]3C(=O)N(Cc4cccc(C)c4)C[C@@]21C1CC=CC=C13. The van der Waals surface area contributed by atoms with E-state index in [1.165, 1.54) is 0 Å². The molecular weight excluding hydrogens is 490 g/mol. The molecule has 0 aromatic heterocycles. The van der Waals surface area contributed by atoms with Gasteiger partial charge in [0.25, 0.3) is 0 Å². The van der Waals surface area contributed by atoms with Crippen LogP contribution in [0.5, 0.6) is 0 Å². The van der Waals surface area contributed by atoms with Crippen molar-refractivity contribution in [1.29, 1.82) is 0 Å². The average molecular weight is 526 g/mol. The number of amides is 4. The summed E-state index contributed by atoms with van der Waals surface area (Å²) in [5.41, 5.74) is 3.38. The molecule has 2 aromatic carbocycles. The molecule has 2 bridgehead atoms. The summed E-state index contributed by atoms with van der Waals surface area (Å²) in [6.07, 6.45) is 7.57. The second-order valence-electron chi connectivity index (χ2n) is 10.9. The number of hydrazine groups is 1. The summed E-state index contributed by atoms with van der Waals surface area (Å²) in [4.78, 5) is 45.1. The first kappa shape index (κ1) is 25.4. The van der Waals surface area contributed by atoms with Crippen LogP contribution < -0.4 is 5.32 Å². The van der Waals surface area contributed by atoms with Crippen molar-refractivity contribution in [3.63, 3.8) is 0 Å². The van der Waals surface area contributed by atoms with E-state index in [1.807, 2.05) is 84.4 Å².